The fourth-order valence-electron chi connectivity index (χ4n) is 3.83. The SMILES string of the molecule is CCOc1ccc(N(CC(=O)N[C@H](CC)c2ccc(OC)c(C)c2)S(=O)(=O)c2ccc(Cl)cc2)cc1. The largest absolute Gasteiger partial charge is 0.496 e. The smallest absolute Gasteiger partial charge is 0.264 e. The molecule has 0 aliphatic carbocycles. The Morgan fingerprint density at radius 1 is 1.03 bits per heavy atom. The number of ether oxygens (including phenoxy) is 2. The van der Waals surface area contributed by atoms with E-state index in [1.807, 2.05) is 39.0 Å². The first-order chi connectivity index (χ1) is 17.2. The number of anilines is 1. The topological polar surface area (TPSA) is 84.9 Å². The molecule has 1 amide bonds. The predicted octanol–water partition coefficient (Wildman–Crippen LogP) is 5.52. The highest BCUT2D eigenvalue weighted by Crippen LogP contribution is 2.28. The number of amides is 1. The zero-order valence-electron chi connectivity index (χ0n) is 20.8. The molecule has 3 aromatic rings. The van der Waals surface area contributed by atoms with Crippen LogP contribution in [-0.4, -0.2) is 34.6 Å². The van der Waals surface area contributed by atoms with Gasteiger partial charge >= 0.3 is 0 Å². The Morgan fingerprint density at radius 2 is 1.69 bits per heavy atom. The first kappa shape index (κ1) is 27.4. The van der Waals surface area contributed by atoms with Gasteiger partial charge in [-0.3, -0.25) is 9.10 Å². The van der Waals surface area contributed by atoms with Crippen molar-refractivity contribution < 1.29 is 22.7 Å². The number of hydrogen-bond acceptors (Lipinski definition) is 5. The van der Waals surface area contributed by atoms with Gasteiger partial charge in [-0.1, -0.05) is 30.7 Å². The number of nitrogens with zero attached hydrogens (tertiary/aromatic N) is 1. The molecule has 3 aromatic carbocycles. The quantitative estimate of drug-likeness (QED) is 0.353. The molecule has 9 heteroatoms. The van der Waals surface area contributed by atoms with Gasteiger partial charge in [-0.25, -0.2) is 8.42 Å². The number of aryl methyl sites for hydroxylation is 1. The summed E-state index contributed by atoms with van der Waals surface area (Å²) in [5.41, 5.74) is 2.21. The Morgan fingerprint density at radius 3 is 2.25 bits per heavy atom. The fourth-order valence-corrected chi connectivity index (χ4v) is 5.38. The van der Waals surface area contributed by atoms with Gasteiger partial charge in [0.1, 0.15) is 18.0 Å². The van der Waals surface area contributed by atoms with Crippen LogP contribution < -0.4 is 19.1 Å². The molecule has 7 nitrogen and oxygen atoms in total. The van der Waals surface area contributed by atoms with E-state index < -0.39 is 22.5 Å². The number of halogens is 1. The van der Waals surface area contributed by atoms with Crippen molar-refractivity contribution in [3.8, 4) is 11.5 Å². The highest BCUT2D eigenvalue weighted by Gasteiger charge is 2.28. The number of carbonyl (C=O) groups excluding carboxylic acids is 1. The molecule has 0 heterocycles. The van der Waals surface area contributed by atoms with E-state index in [1.54, 1.807) is 31.4 Å². The Labute approximate surface area is 218 Å². The van der Waals surface area contributed by atoms with Crippen LogP contribution in [-0.2, 0) is 14.8 Å². The normalized spacial score (nSPS) is 12.0. The first-order valence-corrected chi connectivity index (χ1v) is 13.5. The third kappa shape index (κ3) is 6.50. The van der Waals surface area contributed by atoms with Crippen LogP contribution >= 0.6 is 11.6 Å². The van der Waals surface area contributed by atoms with E-state index in [4.69, 9.17) is 21.1 Å². The fraction of sp³-hybridized carbons (Fsp3) is 0.296. The molecule has 0 aliphatic heterocycles. The summed E-state index contributed by atoms with van der Waals surface area (Å²) >= 11 is 5.96. The summed E-state index contributed by atoms with van der Waals surface area (Å²) < 4.78 is 39.1. The van der Waals surface area contributed by atoms with Gasteiger partial charge in [0.05, 0.1) is 30.3 Å². The van der Waals surface area contributed by atoms with Gasteiger partial charge in [0.25, 0.3) is 10.0 Å². The number of sulfonamides is 1. The minimum atomic E-state index is -4.06. The summed E-state index contributed by atoms with van der Waals surface area (Å²) in [6, 6.07) is 17.9. The number of carbonyl (C=O) groups is 1. The molecule has 0 aliphatic rings. The van der Waals surface area contributed by atoms with Crippen LogP contribution in [0.4, 0.5) is 5.69 Å². The molecular weight excluding hydrogens is 500 g/mol. The van der Waals surface area contributed by atoms with Gasteiger partial charge in [-0.2, -0.15) is 0 Å². The standard InChI is InChI=1S/C27H31ClN2O5S/c1-5-25(20-7-16-26(34-4)19(3)17-20)29-27(31)18-30(22-10-12-23(13-11-22)35-6-2)36(32,33)24-14-8-21(28)9-15-24/h7-17,25H,5-6,18H2,1-4H3,(H,29,31)/t25-/m1/s1. The van der Waals surface area contributed by atoms with E-state index in [9.17, 15) is 13.2 Å². The van der Waals surface area contributed by atoms with E-state index in [2.05, 4.69) is 5.32 Å². The molecule has 1 atom stereocenters. The van der Waals surface area contributed by atoms with Gasteiger partial charge in [0.2, 0.25) is 5.91 Å². The number of rotatable bonds is 11. The van der Waals surface area contributed by atoms with E-state index >= 15 is 0 Å². The van der Waals surface area contributed by atoms with Gasteiger partial charge < -0.3 is 14.8 Å². The number of methoxy groups -OCH3 is 1. The van der Waals surface area contributed by atoms with Gasteiger partial charge in [0.15, 0.2) is 0 Å². The number of benzene rings is 3. The first-order valence-electron chi connectivity index (χ1n) is 11.6. The number of nitrogens with one attached hydrogen (secondary N) is 1. The Balaban J connectivity index is 1.90. The van der Waals surface area contributed by atoms with E-state index in [0.717, 1.165) is 21.2 Å². The Hall–Kier alpha value is -3.23. The highest BCUT2D eigenvalue weighted by atomic mass is 35.5. The number of hydrogen-bond donors (Lipinski definition) is 1. The zero-order chi connectivity index (χ0) is 26.3. The maximum absolute atomic E-state index is 13.6. The predicted molar refractivity (Wildman–Crippen MR) is 143 cm³/mol. The molecule has 0 aromatic heterocycles. The summed E-state index contributed by atoms with van der Waals surface area (Å²) in [6.45, 7) is 5.84. The maximum Gasteiger partial charge on any atom is 0.264 e. The van der Waals surface area contributed by atoms with Crippen LogP contribution in [0.25, 0.3) is 0 Å². The summed E-state index contributed by atoms with van der Waals surface area (Å²) in [6.07, 6.45) is 0.629. The minimum Gasteiger partial charge on any atom is -0.496 e. The second-order valence-electron chi connectivity index (χ2n) is 8.15. The Bertz CT molecular complexity index is 1280. The molecule has 0 radical (unpaired) electrons. The minimum absolute atomic E-state index is 0.0337. The van der Waals surface area contributed by atoms with Crippen molar-refractivity contribution in [2.75, 3.05) is 24.6 Å². The molecule has 0 saturated carbocycles. The van der Waals surface area contributed by atoms with Gasteiger partial charge in [-0.05, 0) is 86.0 Å². The summed E-state index contributed by atoms with van der Waals surface area (Å²) in [4.78, 5) is 13.2. The molecule has 3 rings (SSSR count). The average Bonchev–Trinajstić information content (AvgIpc) is 2.87. The van der Waals surface area contributed by atoms with Crippen molar-refractivity contribution in [2.24, 2.45) is 0 Å². The highest BCUT2D eigenvalue weighted by molar-refractivity contribution is 7.92. The summed E-state index contributed by atoms with van der Waals surface area (Å²) in [7, 11) is -2.45. The lowest BCUT2D eigenvalue weighted by molar-refractivity contribution is -0.120. The van der Waals surface area contributed by atoms with Crippen molar-refractivity contribution in [1.82, 2.24) is 5.32 Å². The van der Waals surface area contributed by atoms with Crippen LogP contribution in [0.3, 0.4) is 0 Å². The molecule has 192 valence electrons. The monoisotopic (exact) mass is 530 g/mol. The van der Waals surface area contributed by atoms with Crippen molar-refractivity contribution in [3.63, 3.8) is 0 Å². The molecule has 1 N–H and O–H groups in total. The van der Waals surface area contributed by atoms with E-state index in [0.29, 0.717) is 29.5 Å². The molecule has 36 heavy (non-hydrogen) atoms. The van der Waals surface area contributed by atoms with Crippen LogP contribution in [0, 0.1) is 6.92 Å². The van der Waals surface area contributed by atoms with E-state index in [1.165, 1.54) is 24.3 Å². The van der Waals surface area contributed by atoms with Crippen LogP contribution in [0.15, 0.2) is 71.6 Å². The van der Waals surface area contributed by atoms with Crippen LogP contribution in [0.5, 0.6) is 11.5 Å². The lowest BCUT2D eigenvalue weighted by Gasteiger charge is -2.26. The lowest BCUT2D eigenvalue weighted by Crippen LogP contribution is -2.42. The van der Waals surface area contributed by atoms with Gasteiger partial charge in [0, 0.05) is 5.02 Å². The Kier molecular flexibility index (Phi) is 9.23. The molecule has 0 unspecified atom stereocenters. The maximum atomic E-state index is 13.6. The molecule has 0 bridgehead atoms. The third-order valence-corrected chi connectivity index (χ3v) is 7.73. The molecule has 0 saturated heterocycles. The van der Waals surface area contributed by atoms with E-state index in [-0.39, 0.29) is 10.9 Å². The van der Waals surface area contributed by atoms with Crippen molar-refractivity contribution in [2.45, 2.75) is 38.1 Å². The zero-order valence-corrected chi connectivity index (χ0v) is 22.4. The van der Waals surface area contributed by atoms with Crippen molar-refractivity contribution >= 4 is 33.2 Å². The second-order valence-corrected chi connectivity index (χ2v) is 10.4. The van der Waals surface area contributed by atoms with Crippen molar-refractivity contribution in [1.29, 1.82) is 0 Å². The van der Waals surface area contributed by atoms with Gasteiger partial charge in [-0.15, -0.1) is 0 Å². The third-order valence-electron chi connectivity index (χ3n) is 5.69. The van der Waals surface area contributed by atoms with Crippen LogP contribution in [0.2, 0.25) is 5.02 Å². The summed E-state index contributed by atoms with van der Waals surface area (Å²) in [5, 5.41) is 3.40. The molecule has 0 fully saturated rings. The summed E-state index contributed by atoms with van der Waals surface area (Å²) in [5.74, 6) is 0.938. The van der Waals surface area contributed by atoms with Crippen LogP contribution in [0.1, 0.15) is 37.4 Å². The van der Waals surface area contributed by atoms with Crippen molar-refractivity contribution in [3.05, 3.63) is 82.9 Å². The molecular formula is C27H31ClN2O5S. The average molecular weight is 531 g/mol. The lowest BCUT2D eigenvalue weighted by atomic mass is 10.0. The second kappa shape index (κ2) is 12.1. The molecule has 0 spiro atoms.